The summed E-state index contributed by atoms with van der Waals surface area (Å²) < 4.78 is 2.24. The summed E-state index contributed by atoms with van der Waals surface area (Å²) in [5, 5.41) is 9.13. The highest BCUT2D eigenvalue weighted by Crippen LogP contribution is 2.56. The Morgan fingerprint density at radius 3 is 2.74 bits per heavy atom. The molecule has 0 radical (unpaired) electrons. The van der Waals surface area contributed by atoms with E-state index in [1.807, 2.05) is 6.07 Å². The Hall–Kier alpha value is -1.84. The number of benzene rings is 1. The number of carboxylic acid groups (broad SMARTS) is 1. The van der Waals surface area contributed by atoms with Crippen molar-refractivity contribution in [1.29, 1.82) is 0 Å². The highest BCUT2D eigenvalue weighted by Gasteiger charge is 2.48. The average molecular weight is 258 g/mol. The fourth-order valence-corrected chi connectivity index (χ4v) is 2.75. The van der Waals surface area contributed by atoms with E-state index in [-0.39, 0.29) is 5.41 Å². The Kier molecular flexibility index (Phi) is 2.46. The number of hydrogen-bond donors (Lipinski definition) is 1. The summed E-state index contributed by atoms with van der Waals surface area (Å²) in [6, 6.07) is 5.62. The SMILES string of the molecule is CCc1nc2ccc(C(=O)O)cc2n1C1CC1(C)C. The van der Waals surface area contributed by atoms with Crippen LogP contribution in [0.5, 0.6) is 0 Å². The molecule has 0 saturated heterocycles. The predicted molar refractivity (Wildman–Crippen MR) is 73.5 cm³/mol. The third-order valence-electron chi connectivity index (χ3n) is 4.10. The van der Waals surface area contributed by atoms with Crippen molar-refractivity contribution < 1.29 is 9.90 Å². The molecule has 4 nitrogen and oxygen atoms in total. The molecule has 1 aromatic carbocycles. The van der Waals surface area contributed by atoms with E-state index in [0.29, 0.717) is 11.6 Å². The van der Waals surface area contributed by atoms with Crippen molar-refractivity contribution in [2.45, 2.75) is 39.7 Å². The second-order valence-corrected chi connectivity index (χ2v) is 5.97. The molecule has 0 spiro atoms. The van der Waals surface area contributed by atoms with Crippen LogP contribution in [0.2, 0.25) is 0 Å². The van der Waals surface area contributed by atoms with Gasteiger partial charge in [-0.05, 0) is 30.0 Å². The smallest absolute Gasteiger partial charge is 0.335 e. The molecule has 1 N–H and O–H groups in total. The van der Waals surface area contributed by atoms with Gasteiger partial charge >= 0.3 is 5.97 Å². The van der Waals surface area contributed by atoms with Gasteiger partial charge < -0.3 is 9.67 Å². The number of aryl methyl sites for hydroxylation is 1. The number of rotatable bonds is 3. The molecule has 0 amide bonds. The molecule has 100 valence electrons. The van der Waals surface area contributed by atoms with Gasteiger partial charge in [0.05, 0.1) is 16.6 Å². The molecule has 4 heteroatoms. The van der Waals surface area contributed by atoms with Crippen molar-refractivity contribution in [1.82, 2.24) is 9.55 Å². The highest BCUT2D eigenvalue weighted by molar-refractivity contribution is 5.92. The van der Waals surface area contributed by atoms with E-state index in [1.165, 1.54) is 0 Å². The number of aromatic carboxylic acids is 1. The Bertz CT molecular complexity index is 670. The molecule has 1 saturated carbocycles. The van der Waals surface area contributed by atoms with Crippen LogP contribution in [-0.2, 0) is 6.42 Å². The topological polar surface area (TPSA) is 55.1 Å². The van der Waals surface area contributed by atoms with Crippen LogP contribution in [0.15, 0.2) is 18.2 Å². The number of hydrogen-bond acceptors (Lipinski definition) is 2. The Labute approximate surface area is 112 Å². The van der Waals surface area contributed by atoms with E-state index in [4.69, 9.17) is 5.11 Å². The maximum atomic E-state index is 11.1. The predicted octanol–water partition coefficient (Wildman–Crippen LogP) is 3.27. The molecule has 1 aliphatic rings. The van der Waals surface area contributed by atoms with Gasteiger partial charge in [-0.25, -0.2) is 9.78 Å². The number of carboxylic acids is 1. The van der Waals surface area contributed by atoms with Crippen LogP contribution in [0.3, 0.4) is 0 Å². The second kappa shape index (κ2) is 3.83. The molecule has 1 fully saturated rings. The van der Waals surface area contributed by atoms with Gasteiger partial charge in [-0.15, -0.1) is 0 Å². The molecule has 0 aliphatic heterocycles. The molecule has 3 rings (SSSR count). The first-order valence-corrected chi connectivity index (χ1v) is 6.68. The zero-order chi connectivity index (χ0) is 13.8. The van der Waals surface area contributed by atoms with Crippen LogP contribution < -0.4 is 0 Å². The molecule has 1 atom stereocenters. The lowest BCUT2D eigenvalue weighted by Crippen LogP contribution is -2.05. The molecule has 1 unspecified atom stereocenters. The fourth-order valence-electron chi connectivity index (χ4n) is 2.75. The summed E-state index contributed by atoms with van der Waals surface area (Å²) in [5.74, 6) is 0.163. The Morgan fingerprint density at radius 1 is 1.53 bits per heavy atom. The minimum Gasteiger partial charge on any atom is -0.478 e. The van der Waals surface area contributed by atoms with Gasteiger partial charge in [0.15, 0.2) is 0 Å². The molecule has 1 aliphatic carbocycles. The van der Waals surface area contributed by atoms with Crippen LogP contribution in [0.4, 0.5) is 0 Å². The summed E-state index contributed by atoms with van der Waals surface area (Å²) in [4.78, 5) is 15.7. The summed E-state index contributed by atoms with van der Waals surface area (Å²) in [5.41, 5.74) is 2.46. The van der Waals surface area contributed by atoms with E-state index in [9.17, 15) is 4.79 Å². The van der Waals surface area contributed by atoms with Crippen LogP contribution in [0, 0.1) is 5.41 Å². The van der Waals surface area contributed by atoms with Gasteiger partial charge in [-0.3, -0.25) is 0 Å². The maximum absolute atomic E-state index is 11.1. The summed E-state index contributed by atoms with van der Waals surface area (Å²) in [7, 11) is 0. The molecule has 1 heterocycles. The summed E-state index contributed by atoms with van der Waals surface area (Å²) >= 11 is 0. The van der Waals surface area contributed by atoms with Crippen molar-refractivity contribution in [2.24, 2.45) is 5.41 Å². The highest BCUT2D eigenvalue weighted by atomic mass is 16.4. The molecule has 2 aromatic rings. The van der Waals surface area contributed by atoms with Crippen LogP contribution >= 0.6 is 0 Å². The Morgan fingerprint density at radius 2 is 2.21 bits per heavy atom. The van der Waals surface area contributed by atoms with Gasteiger partial charge in [0.2, 0.25) is 0 Å². The summed E-state index contributed by atoms with van der Waals surface area (Å²) in [6.45, 7) is 6.57. The van der Waals surface area contributed by atoms with Gasteiger partial charge in [0.25, 0.3) is 0 Å². The Balaban J connectivity index is 2.22. The second-order valence-electron chi connectivity index (χ2n) is 5.97. The average Bonchev–Trinajstić information content (AvgIpc) is 2.85. The van der Waals surface area contributed by atoms with Crippen molar-refractivity contribution in [3.8, 4) is 0 Å². The van der Waals surface area contributed by atoms with E-state index in [2.05, 4.69) is 30.3 Å². The minimum absolute atomic E-state index is 0.288. The van der Waals surface area contributed by atoms with Crippen LogP contribution in [0.25, 0.3) is 11.0 Å². The molecule has 19 heavy (non-hydrogen) atoms. The standard InChI is InChI=1S/C15H18N2O2/c1-4-13-16-10-6-5-9(14(18)19)7-11(10)17(13)12-8-15(12,2)3/h5-7,12H,4,8H2,1-3H3,(H,18,19). The summed E-state index contributed by atoms with van der Waals surface area (Å²) in [6.07, 6.45) is 1.99. The van der Waals surface area contributed by atoms with Crippen molar-refractivity contribution >= 4 is 17.0 Å². The number of carbonyl (C=O) groups is 1. The number of nitrogens with zero attached hydrogens (tertiary/aromatic N) is 2. The lowest BCUT2D eigenvalue weighted by molar-refractivity contribution is 0.0697. The molecular formula is C15H18N2O2. The van der Waals surface area contributed by atoms with Crippen molar-refractivity contribution in [2.75, 3.05) is 0 Å². The zero-order valence-corrected chi connectivity index (χ0v) is 11.5. The van der Waals surface area contributed by atoms with Crippen LogP contribution in [-0.4, -0.2) is 20.6 Å². The largest absolute Gasteiger partial charge is 0.478 e. The van der Waals surface area contributed by atoms with Crippen LogP contribution in [0.1, 0.15) is 49.4 Å². The lowest BCUT2D eigenvalue weighted by Gasteiger charge is -2.10. The molecule has 0 bridgehead atoms. The van der Waals surface area contributed by atoms with Gasteiger partial charge in [-0.1, -0.05) is 20.8 Å². The minimum atomic E-state index is -0.886. The maximum Gasteiger partial charge on any atom is 0.335 e. The number of imidazole rings is 1. The first kappa shape index (κ1) is 12.2. The quantitative estimate of drug-likeness (QED) is 0.919. The van der Waals surface area contributed by atoms with Gasteiger partial charge in [0.1, 0.15) is 5.82 Å². The lowest BCUT2D eigenvalue weighted by atomic mass is 10.1. The number of aromatic nitrogens is 2. The third-order valence-corrected chi connectivity index (χ3v) is 4.10. The van der Waals surface area contributed by atoms with E-state index < -0.39 is 5.97 Å². The van der Waals surface area contributed by atoms with Crippen molar-refractivity contribution in [3.05, 3.63) is 29.6 Å². The van der Waals surface area contributed by atoms with Gasteiger partial charge in [-0.2, -0.15) is 0 Å². The fraction of sp³-hybridized carbons (Fsp3) is 0.467. The zero-order valence-electron chi connectivity index (χ0n) is 11.5. The number of fused-ring (bicyclic) bond motifs is 1. The normalized spacial score (nSPS) is 20.7. The van der Waals surface area contributed by atoms with E-state index in [1.54, 1.807) is 12.1 Å². The van der Waals surface area contributed by atoms with E-state index in [0.717, 1.165) is 29.7 Å². The third kappa shape index (κ3) is 1.82. The molecule has 1 aromatic heterocycles. The van der Waals surface area contributed by atoms with E-state index >= 15 is 0 Å². The first-order valence-electron chi connectivity index (χ1n) is 6.68. The molecular weight excluding hydrogens is 240 g/mol. The van der Waals surface area contributed by atoms with Crippen molar-refractivity contribution in [3.63, 3.8) is 0 Å². The van der Waals surface area contributed by atoms with Gasteiger partial charge in [0, 0.05) is 12.5 Å². The monoisotopic (exact) mass is 258 g/mol. The first-order chi connectivity index (χ1) is 8.94.